The van der Waals surface area contributed by atoms with Crippen LogP contribution in [0.4, 0.5) is 5.13 Å². The monoisotopic (exact) mass is 480 g/mol. The summed E-state index contributed by atoms with van der Waals surface area (Å²) in [7, 11) is 0. The van der Waals surface area contributed by atoms with E-state index >= 15 is 0 Å². The second-order valence-corrected chi connectivity index (χ2v) is 10.0. The van der Waals surface area contributed by atoms with Gasteiger partial charge in [-0.1, -0.05) is 46.7 Å². The summed E-state index contributed by atoms with van der Waals surface area (Å²) in [5.41, 5.74) is 3.07. The molecule has 5 nitrogen and oxygen atoms in total. The summed E-state index contributed by atoms with van der Waals surface area (Å²) < 4.78 is 0.814. The lowest BCUT2D eigenvalue weighted by molar-refractivity contribution is -0.132. The number of thiophene rings is 1. The fourth-order valence-corrected chi connectivity index (χ4v) is 5.96. The SMILES string of the molecule is Cc1ccc(C)c(C(O)=C2C(=O)C(=O)N(c3nc4ccc(Cl)cc4s3)C2c2cccs2)c1. The number of anilines is 1. The van der Waals surface area contributed by atoms with Crippen molar-refractivity contribution in [2.45, 2.75) is 19.9 Å². The third kappa shape index (κ3) is 3.33. The van der Waals surface area contributed by atoms with Gasteiger partial charge in [0, 0.05) is 15.5 Å². The summed E-state index contributed by atoms with van der Waals surface area (Å²) in [4.78, 5) is 33.2. The summed E-state index contributed by atoms with van der Waals surface area (Å²) in [6.45, 7) is 3.78. The van der Waals surface area contributed by atoms with E-state index in [0.717, 1.165) is 20.7 Å². The maximum absolute atomic E-state index is 13.2. The molecular formula is C24H17ClN2O3S2. The van der Waals surface area contributed by atoms with Crippen LogP contribution in [0.3, 0.4) is 0 Å². The summed E-state index contributed by atoms with van der Waals surface area (Å²) in [6, 6.07) is 13.9. The highest BCUT2D eigenvalue weighted by atomic mass is 35.5. The Labute approximate surface area is 197 Å². The van der Waals surface area contributed by atoms with E-state index in [1.807, 2.05) is 49.6 Å². The van der Waals surface area contributed by atoms with Crippen LogP contribution in [0, 0.1) is 13.8 Å². The third-order valence-electron chi connectivity index (χ3n) is 5.45. The summed E-state index contributed by atoms with van der Waals surface area (Å²) in [5.74, 6) is -1.60. The molecule has 2 aromatic carbocycles. The summed E-state index contributed by atoms with van der Waals surface area (Å²) in [5, 5.41) is 14.1. The number of hydrogen-bond acceptors (Lipinski definition) is 6. The molecule has 1 saturated heterocycles. The molecule has 1 unspecified atom stereocenters. The molecule has 1 amide bonds. The fourth-order valence-electron chi connectivity index (χ4n) is 3.87. The van der Waals surface area contributed by atoms with E-state index in [2.05, 4.69) is 4.98 Å². The number of amides is 1. The number of nitrogens with zero attached hydrogens (tertiary/aromatic N) is 2. The van der Waals surface area contributed by atoms with Crippen LogP contribution in [0.15, 0.2) is 59.5 Å². The molecule has 0 spiro atoms. The molecule has 160 valence electrons. The van der Waals surface area contributed by atoms with Gasteiger partial charge in [0.1, 0.15) is 11.8 Å². The molecule has 1 aliphatic rings. The van der Waals surface area contributed by atoms with Crippen LogP contribution in [0.2, 0.25) is 5.02 Å². The van der Waals surface area contributed by atoms with Crippen molar-refractivity contribution in [3.05, 3.63) is 86.1 Å². The first-order valence-corrected chi connectivity index (χ1v) is 11.9. The molecule has 2 aromatic heterocycles. The molecule has 1 atom stereocenters. The maximum atomic E-state index is 13.2. The minimum absolute atomic E-state index is 0.0726. The van der Waals surface area contributed by atoms with Crippen molar-refractivity contribution < 1.29 is 14.7 Å². The van der Waals surface area contributed by atoms with E-state index in [1.165, 1.54) is 27.6 Å². The van der Waals surface area contributed by atoms with Gasteiger partial charge >= 0.3 is 5.91 Å². The second-order valence-electron chi connectivity index (χ2n) is 7.61. The van der Waals surface area contributed by atoms with Gasteiger partial charge in [0.05, 0.1) is 15.8 Å². The minimum atomic E-state index is -0.758. The van der Waals surface area contributed by atoms with Gasteiger partial charge in [-0.2, -0.15) is 0 Å². The molecule has 1 aliphatic heterocycles. The first kappa shape index (κ1) is 20.9. The quantitative estimate of drug-likeness (QED) is 0.213. The Bertz CT molecular complexity index is 1420. The van der Waals surface area contributed by atoms with Gasteiger partial charge in [-0.3, -0.25) is 14.5 Å². The van der Waals surface area contributed by atoms with Crippen LogP contribution in [0.1, 0.15) is 27.6 Å². The summed E-state index contributed by atoms with van der Waals surface area (Å²) >= 11 is 8.82. The number of aromatic nitrogens is 1. The lowest BCUT2D eigenvalue weighted by Gasteiger charge is -2.21. The highest BCUT2D eigenvalue weighted by molar-refractivity contribution is 7.22. The Kier molecular flexibility index (Phi) is 5.12. The van der Waals surface area contributed by atoms with E-state index in [-0.39, 0.29) is 11.3 Å². The number of carbonyl (C=O) groups excluding carboxylic acids is 2. The van der Waals surface area contributed by atoms with Crippen molar-refractivity contribution >= 4 is 67.1 Å². The van der Waals surface area contributed by atoms with Crippen LogP contribution < -0.4 is 4.90 Å². The standard InChI is InChI=1S/C24H17ClN2O3S2/c1-12-5-6-13(2)15(10-12)21(28)19-20(17-4-3-9-31-17)27(23(30)22(19)29)24-26-16-8-7-14(25)11-18(16)32-24/h3-11,20,28H,1-2H3. The molecule has 3 heterocycles. The Morgan fingerprint density at radius 3 is 2.69 bits per heavy atom. The molecule has 1 fully saturated rings. The van der Waals surface area contributed by atoms with Crippen LogP contribution in [0.25, 0.3) is 16.0 Å². The number of thiazole rings is 1. The minimum Gasteiger partial charge on any atom is -0.507 e. The number of fused-ring (bicyclic) bond motifs is 1. The van der Waals surface area contributed by atoms with E-state index in [0.29, 0.717) is 21.2 Å². The molecule has 5 rings (SSSR count). The number of aliphatic hydroxyl groups is 1. The Hall–Kier alpha value is -3.00. The van der Waals surface area contributed by atoms with Gasteiger partial charge in [-0.05, 0) is 55.1 Å². The number of Topliss-reactive ketones (excluding diaryl/α,β-unsaturated/α-hetero) is 1. The van der Waals surface area contributed by atoms with Gasteiger partial charge in [0.15, 0.2) is 5.13 Å². The Morgan fingerprint density at radius 2 is 1.94 bits per heavy atom. The van der Waals surface area contributed by atoms with Gasteiger partial charge < -0.3 is 5.11 Å². The Morgan fingerprint density at radius 1 is 1.12 bits per heavy atom. The molecule has 8 heteroatoms. The zero-order chi connectivity index (χ0) is 22.6. The van der Waals surface area contributed by atoms with Crippen LogP contribution in [-0.4, -0.2) is 21.8 Å². The van der Waals surface area contributed by atoms with Crippen molar-refractivity contribution in [1.82, 2.24) is 4.98 Å². The normalized spacial score (nSPS) is 18.1. The number of aliphatic hydroxyl groups excluding tert-OH is 1. The van der Waals surface area contributed by atoms with Crippen molar-refractivity contribution in [2.75, 3.05) is 4.90 Å². The van der Waals surface area contributed by atoms with Crippen LogP contribution in [0.5, 0.6) is 0 Å². The number of benzene rings is 2. The van der Waals surface area contributed by atoms with Crippen molar-refractivity contribution in [2.24, 2.45) is 0 Å². The van der Waals surface area contributed by atoms with E-state index in [1.54, 1.807) is 18.2 Å². The van der Waals surface area contributed by atoms with Gasteiger partial charge in [0.25, 0.3) is 5.78 Å². The first-order chi connectivity index (χ1) is 15.3. The average molecular weight is 481 g/mol. The molecule has 0 radical (unpaired) electrons. The molecule has 0 bridgehead atoms. The highest BCUT2D eigenvalue weighted by Gasteiger charge is 2.48. The topological polar surface area (TPSA) is 70.5 Å². The number of aryl methyl sites for hydroxylation is 2. The Balaban J connectivity index is 1.74. The molecule has 0 saturated carbocycles. The number of ketones is 1. The lowest BCUT2D eigenvalue weighted by Crippen LogP contribution is -2.28. The number of rotatable bonds is 3. The van der Waals surface area contributed by atoms with Gasteiger partial charge in [-0.25, -0.2) is 4.98 Å². The predicted molar refractivity (Wildman–Crippen MR) is 130 cm³/mol. The zero-order valence-corrected chi connectivity index (χ0v) is 19.5. The molecule has 1 N–H and O–H groups in total. The zero-order valence-electron chi connectivity index (χ0n) is 17.1. The first-order valence-electron chi connectivity index (χ1n) is 9.83. The van der Waals surface area contributed by atoms with Crippen molar-refractivity contribution in [3.8, 4) is 0 Å². The maximum Gasteiger partial charge on any atom is 0.301 e. The van der Waals surface area contributed by atoms with Gasteiger partial charge in [-0.15, -0.1) is 11.3 Å². The number of halogens is 1. The van der Waals surface area contributed by atoms with Crippen LogP contribution >= 0.6 is 34.3 Å². The lowest BCUT2D eigenvalue weighted by atomic mass is 9.96. The van der Waals surface area contributed by atoms with Crippen molar-refractivity contribution in [1.29, 1.82) is 0 Å². The number of carbonyl (C=O) groups is 2. The summed E-state index contributed by atoms with van der Waals surface area (Å²) in [6.07, 6.45) is 0. The van der Waals surface area contributed by atoms with Crippen LogP contribution in [-0.2, 0) is 9.59 Å². The molecule has 0 aliphatic carbocycles. The second kappa shape index (κ2) is 7.85. The molecule has 32 heavy (non-hydrogen) atoms. The predicted octanol–water partition coefficient (Wildman–Crippen LogP) is 6.25. The van der Waals surface area contributed by atoms with E-state index in [9.17, 15) is 14.7 Å². The average Bonchev–Trinajstić information content (AvgIpc) is 3.48. The molecular weight excluding hydrogens is 464 g/mol. The third-order valence-corrected chi connectivity index (χ3v) is 7.63. The largest absolute Gasteiger partial charge is 0.507 e. The van der Waals surface area contributed by atoms with Crippen molar-refractivity contribution in [3.63, 3.8) is 0 Å². The smallest absolute Gasteiger partial charge is 0.301 e. The molecule has 4 aromatic rings. The van der Waals surface area contributed by atoms with E-state index in [4.69, 9.17) is 11.6 Å². The van der Waals surface area contributed by atoms with Gasteiger partial charge in [0.2, 0.25) is 0 Å². The highest BCUT2D eigenvalue weighted by Crippen LogP contribution is 2.45. The number of hydrogen-bond donors (Lipinski definition) is 1. The van der Waals surface area contributed by atoms with E-state index < -0.39 is 17.7 Å². The fraction of sp³-hybridized carbons (Fsp3) is 0.125.